The van der Waals surface area contributed by atoms with Crippen LogP contribution in [0.5, 0.6) is 0 Å². The van der Waals surface area contributed by atoms with Crippen LogP contribution in [0.25, 0.3) is 0 Å². The lowest BCUT2D eigenvalue weighted by Crippen LogP contribution is -2.17. The summed E-state index contributed by atoms with van der Waals surface area (Å²) in [7, 11) is 4.04. The maximum absolute atomic E-state index is 10.7. The van der Waals surface area contributed by atoms with Crippen molar-refractivity contribution in [1.82, 2.24) is 4.90 Å². The third kappa shape index (κ3) is 2.22. The zero-order chi connectivity index (χ0) is 10.7. The zero-order valence-electron chi connectivity index (χ0n) is 8.62. The second kappa shape index (κ2) is 4.71. The van der Waals surface area contributed by atoms with Gasteiger partial charge in [-0.15, -0.1) is 0 Å². The number of hydrogen-bond donors (Lipinski definition) is 0. The molecule has 0 bridgehead atoms. The molecule has 0 aliphatic rings. The van der Waals surface area contributed by atoms with E-state index in [2.05, 4.69) is 27.8 Å². The highest BCUT2D eigenvalue weighted by molar-refractivity contribution is 9.10. The highest BCUT2D eigenvalue weighted by Gasteiger charge is 2.12. The number of carbonyl (C=O) groups is 1. The Morgan fingerprint density at radius 1 is 1.43 bits per heavy atom. The lowest BCUT2D eigenvalue weighted by Gasteiger charge is -2.21. The van der Waals surface area contributed by atoms with Gasteiger partial charge in [-0.25, -0.2) is 0 Å². The molecule has 0 aliphatic carbocycles. The average Bonchev–Trinajstić information content (AvgIpc) is 2.17. The van der Waals surface area contributed by atoms with Gasteiger partial charge in [0.1, 0.15) is 0 Å². The maximum Gasteiger partial charge on any atom is 0.151 e. The molecule has 0 aromatic heterocycles. The van der Waals surface area contributed by atoms with Crippen molar-refractivity contribution in [2.45, 2.75) is 13.0 Å². The van der Waals surface area contributed by atoms with E-state index in [9.17, 15) is 4.79 Å². The molecule has 1 unspecified atom stereocenters. The molecule has 3 heteroatoms. The Balaban J connectivity index is 3.15. The summed E-state index contributed by atoms with van der Waals surface area (Å²) in [5.41, 5.74) is 1.84. The normalized spacial score (nSPS) is 12.9. The molecular formula is C11H14BrNO. The molecule has 1 atom stereocenters. The smallest absolute Gasteiger partial charge is 0.151 e. The van der Waals surface area contributed by atoms with Gasteiger partial charge in [0.15, 0.2) is 6.29 Å². The Hall–Kier alpha value is -0.670. The molecule has 76 valence electrons. The SMILES string of the molecule is CC(c1cccc(C=O)c1Br)N(C)C. The Morgan fingerprint density at radius 3 is 2.57 bits per heavy atom. The largest absolute Gasteiger partial charge is 0.303 e. The fourth-order valence-corrected chi connectivity index (χ4v) is 1.95. The number of rotatable bonds is 3. The summed E-state index contributed by atoms with van der Waals surface area (Å²) in [4.78, 5) is 12.8. The summed E-state index contributed by atoms with van der Waals surface area (Å²) in [5.74, 6) is 0. The molecule has 0 aliphatic heterocycles. The van der Waals surface area contributed by atoms with E-state index in [1.54, 1.807) is 0 Å². The summed E-state index contributed by atoms with van der Waals surface area (Å²) < 4.78 is 0.899. The summed E-state index contributed by atoms with van der Waals surface area (Å²) >= 11 is 3.45. The van der Waals surface area contributed by atoms with E-state index < -0.39 is 0 Å². The quantitative estimate of drug-likeness (QED) is 0.775. The first-order chi connectivity index (χ1) is 6.57. The van der Waals surface area contributed by atoms with E-state index in [-0.39, 0.29) is 0 Å². The minimum absolute atomic E-state index is 0.296. The highest BCUT2D eigenvalue weighted by Crippen LogP contribution is 2.28. The van der Waals surface area contributed by atoms with E-state index in [1.165, 1.54) is 0 Å². The Morgan fingerprint density at radius 2 is 2.07 bits per heavy atom. The molecule has 0 saturated heterocycles. The first kappa shape index (κ1) is 11.4. The molecule has 1 aromatic carbocycles. The van der Waals surface area contributed by atoms with Gasteiger partial charge in [-0.05, 0) is 42.5 Å². The zero-order valence-corrected chi connectivity index (χ0v) is 10.2. The van der Waals surface area contributed by atoms with Crippen LogP contribution in [-0.2, 0) is 0 Å². The first-order valence-electron chi connectivity index (χ1n) is 4.48. The molecule has 0 amide bonds. The van der Waals surface area contributed by atoms with Crippen LogP contribution in [0.2, 0.25) is 0 Å². The Labute approximate surface area is 93.0 Å². The molecule has 0 heterocycles. The Kier molecular flexibility index (Phi) is 3.84. The molecule has 0 spiro atoms. The molecule has 14 heavy (non-hydrogen) atoms. The van der Waals surface area contributed by atoms with E-state index >= 15 is 0 Å². The highest BCUT2D eigenvalue weighted by atomic mass is 79.9. The van der Waals surface area contributed by atoms with Crippen molar-refractivity contribution in [2.75, 3.05) is 14.1 Å². The topological polar surface area (TPSA) is 20.3 Å². The van der Waals surface area contributed by atoms with Gasteiger partial charge >= 0.3 is 0 Å². The monoisotopic (exact) mass is 255 g/mol. The fraction of sp³-hybridized carbons (Fsp3) is 0.364. The lowest BCUT2D eigenvalue weighted by atomic mass is 10.1. The minimum atomic E-state index is 0.296. The summed E-state index contributed by atoms with van der Waals surface area (Å²) in [5, 5.41) is 0. The third-order valence-corrected chi connectivity index (χ3v) is 3.33. The number of hydrogen-bond acceptors (Lipinski definition) is 2. The van der Waals surface area contributed by atoms with Gasteiger partial charge in [-0.1, -0.05) is 18.2 Å². The van der Waals surface area contributed by atoms with Crippen molar-refractivity contribution in [2.24, 2.45) is 0 Å². The predicted molar refractivity (Wildman–Crippen MR) is 61.6 cm³/mol. The van der Waals surface area contributed by atoms with Crippen LogP contribution in [0.1, 0.15) is 28.9 Å². The van der Waals surface area contributed by atoms with Crippen LogP contribution >= 0.6 is 15.9 Å². The fourth-order valence-electron chi connectivity index (χ4n) is 1.26. The van der Waals surface area contributed by atoms with Crippen molar-refractivity contribution >= 4 is 22.2 Å². The summed E-state index contributed by atoms with van der Waals surface area (Å²) in [6, 6.07) is 6.04. The van der Waals surface area contributed by atoms with Gasteiger partial charge in [0.05, 0.1) is 0 Å². The number of halogens is 1. The van der Waals surface area contributed by atoms with Crippen molar-refractivity contribution in [1.29, 1.82) is 0 Å². The van der Waals surface area contributed by atoms with Gasteiger partial charge in [0.2, 0.25) is 0 Å². The van der Waals surface area contributed by atoms with E-state index in [0.717, 1.165) is 16.3 Å². The molecule has 1 aromatic rings. The van der Waals surface area contributed by atoms with Crippen LogP contribution in [0, 0.1) is 0 Å². The number of benzene rings is 1. The standard InChI is InChI=1S/C11H14BrNO/c1-8(13(2)3)10-6-4-5-9(7-14)11(10)12/h4-8H,1-3H3. The van der Waals surface area contributed by atoms with Crippen LogP contribution in [0.3, 0.4) is 0 Å². The molecule has 1 rings (SSSR count). The molecule has 0 N–H and O–H groups in total. The van der Waals surface area contributed by atoms with E-state index in [0.29, 0.717) is 11.6 Å². The van der Waals surface area contributed by atoms with Gasteiger partial charge in [0, 0.05) is 16.1 Å². The molecule has 0 fully saturated rings. The second-order valence-electron chi connectivity index (χ2n) is 3.51. The summed E-state index contributed by atoms with van der Waals surface area (Å²) in [6.07, 6.45) is 0.871. The van der Waals surface area contributed by atoms with Crippen molar-refractivity contribution in [3.05, 3.63) is 33.8 Å². The van der Waals surface area contributed by atoms with Gasteiger partial charge in [-0.3, -0.25) is 4.79 Å². The lowest BCUT2D eigenvalue weighted by molar-refractivity contribution is 0.112. The van der Waals surface area contributed by atoms with Gasteiger partial charge in [-0.2, -0.15) is 0 Å². The van der Waals surface area contributed by atoms with Crippen molar-refractivity contribution < 1.29 is 4.79 Å². The average molecular weight is 256 g/mol. The van der Waals surface area contributed by atoms with Crippen LogP contribution in [0.15, 0.2) is 22.7 Å². The number of carbonyl (C=O) groups excluding carboxylic acids is 1. The number of nitrogens with zero attached hydrogens (tertiary/aromatic N) is 1. The van der Waals surface area contributed by atoms with E-state index in [4.69, 9.17) is 0 Å². The van der Waals surface area contributed by atoms with Crippen LogP contribution < -0.4 is 0 Å². The number of aldehydes is 1. The van der Waals surface area contributed by atoms with Crippen LogP contribution in [-0.4, -0.2) is 25.3 Å². The van der Waals surface area contributed by atoms with E-state index in [1.807, 2.05) is 32.3 Å². The predicted octanol–water partition coefficient (Wildman–Crippen LogP) is 2.88. The van der Waals surface area contributed by atoms with Gasteiger partial charge < -0.3 is 4.90 Å². The molecule has 0 radical (unpaired) electrons. The molecular weight excluding hydrogens is 242 g/mol. The Bertz CT molecular complexity index is 336. The maximum atomic E-state index is 10.7. The van der Waals surface area contributed by atoms with Crippen LogP contribution in [0.4, 0.5) is 0 Å². The third-order valence-electron chi connectivity index (χ3n) is 2.41. The van der Waals surface area contributed by atoms with Gasteiger partial charge in [0.25, 0.3) is 0 Å². The molecule has 0 saturated carbocycles. The van der Waals surface area contributed by atoms with Crippen molar-refractivity contribution in [3.8, 4) is 0 Å². The first-order valence-corrected chi connectivity index (χ1v) is 5.27. The summed E-state index contributed by atoms with van der Waals surface area (Å²) in [6.45, 7) is 2.11. The van der Waals surface area contributed by atoms with Crippen molar-refractivity contribution in [3.63, 3.8) is 0 Å². The molecule has 2 nitrogen and oxygen atoms in total. The second-order valence-corrected chi connectivity index (χ2v) is 4.30. The minimum Gasteiger partial charge on any atom is -0.303 e.